The topological polar surface area (TPSA) is 0 Å². The van der Waals surface area contributed by atoms with Crippen LogP contribution in [0.3, 0.4) is 0 Å². The largest absolute Gasteiger partial charge is 0.0842 e. The van der Waals surface area contributed by atoms with Crippen LogP contribution in [0, 0.1) is 0 Å². The van der Waals surface area contributed by atoms with Crippen LogP contribution < -0.4 is 0 Å². The van der Waals surface area contributed by atoms with Crippen LogP contribution in [0.2, 0.25) is 39.3 Å². The van der Waals surface area contributed by atoms with E-state index in [0.29, 0.717) is 0 Å². The van der Waals surface area contributed by atoms with E-state index in [0.717, 1.165) is 0 Å². The van der Waals surface area contributed by atoms with Crippen molar-refractivity contribution in [1.82, 2.24) is 0 Å². The molecular weight excluding hydrogens is 236 g/mol. The van der Waals surface area contributed by atoms with Gasteiger partial charge in [0.05, 0.1) is 16.1 Å². The summed E-state index contributed by atoms with van der Waals surface area (Å²) in [5.41, 5.74) is 1.45. The van der Waals surface area contributed by atoms with E-state index < -0.39 is 16.1 Å². The molecule has 0 saturated carbocycles. The minimum atomic E-state index is -1.29. The van der Waals surface area contributed by atoms with Gasteiger partial charge in [-0.25, -0.2) is 0 Å². The standard InChI is InChI=1S/C15H26Si2/c1-13(16(2,3)4)15(17(5,6)7)14-11-9-8-10-12-14/h8-12H,1-7H3/b15-13+. The summed E-state index contributed by atoms with van der Waals surface area (Å²) in [7, 11) is -2.49. The lowest BCUT2D eigenvalue weighted by molar-refractivity contribution is 1.50. The Morgan fingerprint density at radius 3 is 1.59 bits per heavy atom. The summed E-state index contributed by atoms with van der Waals surface area (Å²) in [6, 6.07) is 11.0. The van der Waals surface area contributed by atoms with Crippen molar-refractivity contribution < 1.29 is 0 Å². The van der Waals surface area contributed by atoms with Crippen molar-refractivity contribution in [2.45, 2.75) is 46.2 Å². The third-order valence-electron chi connectivity index (χ3n) is 3.31. The first kappa shape index (κ1) is 14.5. The molecule has 17 heavy (non-hydrogen) atoms. The molecule has 1 rings (SSSR count). The average molecular weight is 263 g/mol. The zero-order valence-corrected chi connectivity index (χ0v) is 14.4. The average Bonchev–Trinajstić information content (AvgIpc) is 2.15. The second-order valence-electron chi connectivity index (χ2n) is 6.87. The fourth-order valence-corrected chi connectivity index (χ4v) is 7.49. The van der Waals surface area contributed by atoms with Gasteiger partial charge in [0.1, 0.15) is 0 Å². The molecule has 0 radical (unpaired) electrons. The van der Waals surface area contributed by atoms with Crippen LogP contribution in [0.5, 0.6) is 0 Å². The fraction of sp³-hybridized carbons (Fsp3) is 0.467. The number of hydrogen-bond donors (Lipinski definition) is 0. The van der Waals surface area contributed by atoms with Gasteiger partial charge in [0.25, 0.3) is 0 Å². The number of rotatable bonds is 3. The molecular formula is C15H26Si2. The van der Waals surface area contributed by atoms with Crippen molar-refractivity contribution in [2.75, 3.05) is 0 Å². The Morgan fingerprint density at radius 1 is 0.765 bits per heavy atom. The maximum atomic E-state index is 2.46. The second kappa shape index (κ2) is 4.95. The van der Waals surface area contributed by atoms with Gasteiger partial charge in [-0.2, -0.15) is 0 Å². The number of benzene rings is 1. The minimum absolute atomic E-state index is 1.20. The summed E-state index contributed by atoms with van der Waals surface area (Å²) in [6.07, 6.45) is 0. The summed E-state index contributed by atoms with van der Waals surface area (Å²) in [4.78, 5) is 0. The molecule has 0 aromatic heterocycles. The minimum Gasteiger partial charge on any atom is -0.0842 e. The Hall–Kier alpha value is -0.606. The Bertz CT molecular complexity index is 403. The summed E-state index contributed by atoms with van der Waals surface area (Å²) >= 11 is 0. The molecule has 0 nitrogen and oxygen atoms in total. The van der Waals surface area contributed by atoms with Gasteiger partial charge in [-0.1, -0.05) is 80.0 Å². The Kier molecular flexibility index (Phi) is 4.21. The smallest absolute Gasteiger partial charge is 0.0778 e. The Labute approximate surface area is 109 Å². The van der Waals surface area contributed by atoms with Gasteiger partial charge in [0, 0.05) is 0 Å². The van der Waals surface area contributed by atoms with Crippen molar-refractivity contribution >= 4 is 21.3 Å². The molecule has 2 heteroatoms. The maximum absolute atomic E-state index is 2.46. The number of hydrogen-bond acceptors (Lipinski definition) is 0. The van der Waals surface area contributed by atoms with E-state index in [2.05, 4.69) is 76.5 Å². The van der Waals surface area contributed by atoms with Crippen molar-refractivity contribution in [2.24, 2.45) is 0 Å². The molecule has 0 unspecified atom stereocenters. The van der Waals surface area contributed by atoms with Gasteiger partial charge in [-0.3, -0.25) is 0 Å². The summed E-state index contributed by atoms with van der Waals surface area (Å²) < 4.78 is 0. The first-order chi connectivity index (χ1) is 7.64. The van der Waals surface area contributed by atoms with Crippen molar-refractivity contribution in [3.63, 3.8) is 0 Å². The van der Waals surface area contributed by atoms with Crippen LogP contribution in [0.4, 0.5) is 0 Å². The molecule has 0 bridgehead atoms. The molecule has 1 aromatic carbocycles. The molecule has 0 aliphatic heterocycles. The maximum Gasteiger partial charge on any atom is 0.0778 e. The van der Waals surface area contributed by atoms with Crippen LogP contribution in [0.25, 0.3) is 5.20 Å². The van der Waals surface area contributed by atoms with E-state index in [9.17, 15) is 0 Å². The van der Waals surface area contributed by atoms with E-state index in [1.165, 1.54) is 5.56 Å². The molecule has 0 aliphatic carbocycles. The Morgan fingerprint density at radius 2 is 1.24 bits per heavy atom. The van der Waals surface area contributed by atoms with Gasteiger partial charge < -0.3 is 0 Å². The van der Waals surface area contributed by atoms with Gasteiger partial charge in [0.2, 0.25) is 0 Å². The second-order valence-corrected chi connectivity index (χ2v) is 17.1. The molecule has 0 spiro atoms. The predicted molar refractivity (Wildman–Crippen MR) is 85.7 cm³/mol. The van der Waals surface area contributed by atoms with Crippen LogP contribution in [-0.2, 0) is 0 Å². The van der Waals surface area contributed by atoms with Gasteiger partial charge in [-0.05, 0) is 12.5 Å². The van der Waals surface area contributed by atoms with Crippen LogP contribution in [0.1, 0.15) is 12.5 Å². The lowest BCUT2D eigenvalue weighted by atomic mass is 10.2. The molecule has 0 amide bonds. The summed E-state index contributed by atoms with van der Waals surface area (Å²) in [5, 5.41) is 3.36. The molecule has 0 N–H and O–H groups in total. The van der Waals surface area contributed by atoms with E-state index in [-0.39, 0.29) is 0 Å². The zero-order valence-electron chi connectivity index (χ0n) is 12.4. The molecule has 0 fully saturated rings. The lowest BCUT2D eigenvalue weighted by Gasteiger charge is -2.30. The molecule has 1 aromatic rings. The monoisotopic (exact) mass is 262 g/mol. The third kappa shape index (κ3) is 3.68. The predicted octanol–water partition coefficient (Wildman–Crippen LogP) is 5.21. The summed E-state index contributed by atoms with van der Waals surface area (Å²) in [5.74, 6) is 0. The molecule has 94 valence electrons. The highest BCUT2D eigenvalue weighted by atomic mass is 28.3. The Balaban J connectivity index is 3.44. The zero-order chi connectivity index (χ0) is 13.3. The highest BCUT2D eigenvalue weighted by molar-refractivity contribution is 6.97. The molecule has 0 aliphatic rings. The lowest BCUT2D eigenvalue weighted by Crippen LogP contribution is -2.31. The fourth-order valence-electron chi connectivity index (χ4n) is 2.19. The third-order valence-corrected chi connectivity index (χ3v) is 8.23. The quantitative estimate of drug-likeness (QED) is 0.656. The highest BCUT2D eigenvalue weighted by Gasteiger charge is 2.28. The first-order valence-corrected chi connectivity index (χ1v) is 13.4. The van der Waals surface area contributed by atoms with Crippen LogP contribution in [-0.4, -0.2) is 16.1 Å². The van der Waals surface area contributed by atoms with Gasteiger partial charge in [0.15, 0.2) is 0 Å². The van der Waals surface area contributed by atoms with E-state index >= 15 is 0 Å². The normalized spacial score (nSPS) is 14.5. The van der Waals surface area contributed by atoms with Crippen molar-refractivity contribution in [1.29, 1.82) is 0 Å². The number of allylic oxidation sites excluding steroid dienone is 1. The van der Waals surface area contributed by atoms with Crippen molar-refractivity contribution in [3.05, 3.63) is 41.1 Å². The van der Waals surface area contributed by atoms with Gasteiger partial charge >= 0.3 is 0 Å². The molecule has 0 atom stereocenters. The van der Waals surface area contributed by atoms with Gasteiger partial charge in [-0.15, -0.1) is 0 Å². The van der Waals surface area contributed by atoms with Crippen LogP contribution in [0.15, 0.2) is 35.5 Å². The SMILES string of the molecule is C/C(=C(/c1ccccc1)[Si](C)(C)C)[Si](C)(C)C. The highest BCUT2D eigenvalue weighted by Crippen LogP contribution is 2.32. The van der Waals surface area contributed by atoms with E-state index in [1.807, 2.05) is 0 Å². The summed E-state index contributed by atoms with van der Waals surface area (Å²) in [6.45, 7) is 17.1. The molecule has 0 heterocycles. The van der Waals surface area contributed by atoms with E-state index in [1.54, 1.807) is 10.4 Å². The van der Waals surface area contributed by atoms with E-state index in [4.69, 9.17) is 0 Å². The first-order valence-electron chi connectivity index (χ1n) is 6.41. The van der Waals surface area contributed by atoms with Crippen LogP contribution >= 0.6 is 0 Å². The van der Waals surface area contributed by atoms with Crippen molar-refractivity contribution in [3.8, 4) is 0 Å². The molecule has 0 saturated heterocycles.